The number of hydrogen-bond donors (Lipinski definition) is 1. The number of halogens is 1. The third-order valence-electron chi connectivity index (χ3n) is 4.69. The number of nitrogens with zero attached hydrogens (tertiary/aromatic N) is 3. The highest BCUT2D eigenvalue weighted by molar-refractivity contribution is 6.32. The van der Waals surface area contributed by atoms with Crippen LogP contribution in [-0.2, 0) is 6.61 Å². The molecule has 0 atom stereocenters. The molecule has 0 aliphatic carbocycles. The summed E-state index contributed by atoms with van der Waals surface area (Å²) in [6.07, 6.45) is 3.10. The van der Waals surface area contributed by atoms with Crippen LogP contribution in [0.1, 0.15) is 16.7 Å². The summed E-state index contributed by atoms with van der Waals surface area (Å²) in [5, 5.41) is 8.34. The van der Waals surface area contributed by atoms with Gasteiger partial charge in [0.1, 0.15) is 23.1 Å². The van der Waals surface area contributed by atoms with Crippen molar-refractivity contribution in [3.8, 4) is 11.4 Å². The molecule has 0 fully saturated rings. The molecule has 1 N–H and O–H groups in total. The fourth-order valence-electron chi connectivity index (χ4n) is 3.06. The molecule has 0 spiro atoms. The number of aromatic nitrogens is 2. The molecule has 7 heteroatoms. The lowest BCUT2D eigenvalue weighted by atomic mass is 10.1. The highest BCUT2D eigenvalue weighted by atomic mass is 35.5. The minimum atomic E-state index is -0.423. The number of anilines is 1. The van der Waals surface area contributed by atoms with Crippen molar-refractivity contribution in [3.05, 3.63) is 117 Å². The quantitative estimate of drug-likeness (QED) is 0.313. The van der Waals surface area contributed by atoms with Crippen LogP contribution >= 0.6 is 11.6 Å². The van der Waals surface area contributed by atoms with Gasteiger partial charge in [-0.05, 0) is 54.4 Å². The lowest BCUT2D eigenvalue weighted by Crippen LogP contribution is -2.22. The summed E-state index contributed by atoms with van der Waals surface area (Å²) in [5.74, 6) is 0.772. The number of nitrogens with one attached hydrogen (secondary N) is 1. The Morgan fingerprint density at radius 1 is 1.06 bits per heavy atom. The molecule has 6 nitrogen and oxygen atoms in total. The number of hydrogen-bond acceptors (Lipinski definition) is 5. The maximum atomic E-state index is 12.5. The summed E-state index contributed by atoms with van der Waals surface area (Å²) in [5.41, 5.74) is 6.52. The van der Waals surface area contributed by atoms with Crippen molar-refractivity contribution < 1.29 is 4.74 Å². The summed E-state index contributed by atoms with van der Waals surface area (Å²) in [6.45, 7) is 2.57. The van der Waals surface area contributed by atoms with Gasteiger partial charge in [-0.3, -0.25) is 10.2 Å². The van der Waals surface area contributed by atoms with Gasteiger partial charge in [0.15, 0.2) is 0 Å². The highest BCUT2D eigenvalue weighted by Crippen LogP contribution is 2.17. The molecule has 0 unspecified atom stereocenters. The molecule has 0 aliphatic heterocycles. The second-order valence-electron chi connectivity index (χ2n) is 7.14. The Morgan fingerprint density at radius 3 is 2.59 bits per heavy atom. The van der Waals surface area contributed by atoms with Crippen LogP contribution < -0.4 is 15.7 Å². The van der Waals surface area contributed by atoms with Crippen LogP contribution in [0.15, 0.2) is 95.0 Å². The van der Waals surface area contributed by atoms with Gasteiger partial charge < -0.3 is 4.74 Å². The number of ether oxygens (including phenoxy) is 1. The van der Waals surface area contributed by atoms with E-state index in [9.17, 15) is 4.79 Å². The first kappa shape index (κ1) is 21.3. The van der Waals surface area contributed by atoms with Gasteiger partial charge in [0, 0.05) is 0 Å². The van der Waals surface area contributed by atoms with Gasteiger partial charge in [0.25, 0.3) is 5.56 Å². The molecule has 0 radical (unpaired) electrons. The maximum absolute atomic E-state index is 12.5. The van der Waals surface area contributed by atoms with Crippen molar-refractivity contribution in [1.82, 2.24) is 9.78 Å². The zero-order valence-electron chi connectivity index (χ0n) is 17.4. The van der Waals surface area contributed by atoms with Crippen molar-refractivity contribution in [2.45, 2.75) is 13.5 Å². The van der Waals surface area contributed by atoms with E-state index in [1.165, 1.54) is 16.4 Å². The molecular formula is C25H21ClN4O2. The van der Waals surface area contributed by atoms with E-state index in [0.717, 1.165) is 16.9 Å². The van der Waals surface area contributed by atoms with Crippen molar-refractivity contribution in [3.63, 3.8) is 0 Å². The molecule has 1 aromatic heterocycles. The molecule has 160 valence electrons. The van der Waals surface area contributed by atoms with Gasteiger partial charge in [-0.15, -0.1) is 0 Å². The third-order valence-corrected chi connectivity index (χ3v) is 5.05. The van der Waals surface area contributed by atoms with E-state index in [2.05, 4.69) is 34.7 Å². The van der Waals surface area contributed by atoms with E-state index in [4.69, 9.17) is 16.3 Å². The van der Waals surface area contributed by atoms with Crippen molar-refractivity contribution >= 4 is 23.5 Å². The predicted octanol–water partition coefficient (Wildman–Crippen LogP) is 5.22. The molecular weight excluding hydrogens is 424 g/mol. The molecule has 0 amide bonds. The van der Waals surface area contributed by atoms with Gasteiger partial charge in [-0.1, -0.05) is 59.6 Å². The first-order chi connectivity index (χ1) is 15.6. The zero-order valence-corrected chi connectivity index (χ0v) is 18.2. The average molecular weight is 445 g/mol. The third kappa shape index (κ3) is 5.22. The van der Waals surface area contributed by atoms with E-state index in [0.29, 0.717) is 18.0 Å². The molecule has 0 saturated heterocycles. The standard InChI is InChI=1S/C25H21ClN4O2/c1-18-6-5-7-20(14-18)17-32-22-12-10-19(11-13-22)15-27-29-23-16-28-30(25(31)24(23)26)21-8-3-2-4-9-21/h2-16,29H,17H2,1H3/b27-15+. The fourth-order valence-corrected chi connectivity index (χ4v) is 3.23. The Morgan fingerprint density at radius 2 is 1.84 bits per heavy atom. The first-order valence-electron chi connectivity index (χ1n) is 10.0. The van der Waals surface area contributed by atoms with Gasteiger partial charge in [0.05, 0.1) is 18.1 Å². The van der Waals surface area contributed by atoms with Crippen molar-refractivity contribution in [1.29, 1.82) is 0 Å². The van der Waals surface area contributed by atoms with Crippen molar-refractivity contribution in [2.24, 2.45) is 5.10 Å². The molecule has 1 heterocycles. The molecule has 4 aromatic rings. The van der Waals surface area contributed by atoms with E-state index < -0.39 is 5.56 Å². The Balaban J connectivity index is 1.38. The monoisotopic (exact) mass is 444 g/mol. The Bertz CT molecular complexity index is 1290. The van der Waals surface area contributed by atoms with Crippen LogP contribution in [0.5, 0.6) is 5.75 Å². The second kappa shape index (κ2) is 9.94. The van der Waals surface area contributed by atoms with Gasteiger partial charge in [-0.25, -0.2) is 0 Å². The summed E-state index contributed by atoms with van der Waals surface area (Å²) >= 11 is 6.22. The van der Waals surface area contributed by atoms with E-state index in [1.807, 2.05) is 54.6 Å². The second-order valence-corrected chi connectivity index (χ2v) is 7.52. The number of para-hydroxylation sites is 1. The largest absolute Gasteiger partial charge is 0.489 e. The Hall–Kier alpha value is -3.90. The van der Waals surface area contributed by atoms with Crippen LogP contribution in [0.2, 0.25) is 5.02 Å². The SMILES string of the molecule is Cc1cccc(COc2ccc(/C=N/Nc3cnn(-c4ccccc4)c(=O)c3Cl)cc2)c1. The molecule has 0 aliphatic rings. The molecule has 4 rings (SSSR count). The normalized spacial score (nSPS) is 10.9. The van der Waals surface area contributed by atoms with Crippen LogP contribution in [0.3, 0.4) is 0 Å². The highest BCUT2D eigenvalue weighted by Gasteiger charge is 2.10. The van der Waals surface area contributed by atoms with Crippen LogP contribution in [0, 0.1) is 6.92 Å². The minimum absolute atomic E-state index is 0.0147. The molecule has 0 saturated carbocycles. The topological polar surface area (TPSA) is 68.5 Å². The van der Waals surface area contributed by atoms with Gasteiger partial charge >= 0.3 is 0 Å². The van der Waals surface area contributed by atoms with Crippen LogP contribution in [-0.4, -0.2) is 16.0 Å². The number of benzene rings is 3. The first-order valence-corrected chi connectivity index (χ1v) is 10.4. The number of hydrazone groups is 1. The minimum Gasteiger partial charge on any atom is -0.489 e. The van der Waals surface area contributed by atoms with Crippen molar-refractivity contribution in [2.75, 3.05) is 5.43 Å². The molecule has 0 bridgehead atoms. The summed E-state index contributed by atoms with van der Waals surface area (Å²) in [6, 6.07) is 24.9. The predicted molar refractivity (Wildman–Crippen MR) is 128 cm³/mol. The van der Waals surface area contributed by atoms with E-state index >= 15 is 0 Å². The Labute approximate surface area is 190 Å². The number of aryl methyl sites for hydroxylation is 1. The van der Waals surface area contributed by atoms with Crippen LogP contribution in [0.4, 0.5) is 5.69 Å². The summed E-state index contributed by atoms with van der Waals surface area (Å²) < 4.78 is 7.07. The fraction of sp³-hybridized carbons (Fsp3) is 0.0800. The lowest BCUT2D eigenvalue weighted by molar-refractivity contribution is 0.306. The maximum Gasteiger partial charge on any atom is 0.292 e. The van der Waals surface area contributed by atoms with E-state index in [-0.39, 0.29) is 5.02 Å². The summed E-state index contributed by atoms with van der Waals surface area (Å²) in [7, 11) is 0. The molecule has 32 heavy (non-hydrogen) atoms. The molecule has 3 aromatic carbocycles. The van der Waals surface area contributed by atoms with E-state index in [1.54, 1.807) is 18.3 Å². The Kier molecular flexibility index (Phi) is 6.63. The lowest BCUT2D eigenvalue weighted by Gasteiger charge is -2.08. The van der Waals surface area contributed by atoms with Crippen LogP contribution in [0.25, 0.3) is 5.69 Å². The summed E-state index contributed by atoms with van der Waals surface area (Å²) in [4.78, 5) is 12.5. The average Bonchev–Trinajstić information content (AvgIpc) is 2.82. The van der Waals surface area contributed by atoms with Gasteiger partial charge in [-0.2, -0.15) is 14.9 Å². The van der Waals surface area contributed by atoms with Gasteiger partial charge in [0.2, 0.25) is 0 Å². The smallest absolute Gasteiger partial charge is 0.292 e. The zero-order chi connectivity index (χ0) is 22.3. The number of rotatable bonds is 7.